The Morgan fingerprint density at radius 3 is 2.71 bits per heavy atom. The van der Waals surface area contributed by atoms with E-state index in [4.69, 9.17) is 0 Å². The van der Waals surface area contributed by atoms with Crippen LogP contribution in [0.2, 0.25) is 0 Å². The standard InChI is InChI=1S/C13H27N3O/c1-5-6-10(2)15-13(17)11(3)16-8-7-12(9-16)14-4/h10-12,14H,5-9H2,1-4H3,(H,15,17). The van der Waals surface area contributed by atoms with Gasteiger partial charge < -0.3 is 10.6 Å². The lowest BCUT2D eigenvalue weighted by molar-refractivity contribution is -0.126. The van der Waals surface area contributed by atoms with Gasteiger partial charge in [-0.3, -0.25) is 9.69 Å². The molecule has 100 valence electrons. The van der Waals surface area contributed by atoms with Crippen molar-refractivity contribution in [3.63, 3.8) is 0 Å². The molecule has 4 nitrogen and oxygen atoms in total. The van der Waals surface area contributed by atoms with E-state index in [0.717, 1.165) is 32.4 Å². The van der Waals surface area contributed by atoms with Crippen LogP contribution in [0.5, 0.6) is 0 Å². The topological polar surface area (TPSA) is 44.4 Å². The Morgan fingerprint density at radius 1 is 1.47 bits per heavy atom. The zero-order valence-corrected chi connectivity index (χ0v) is 11.6. The van der Waals surface area contributed by atoms with E-state index in [2.05, 4.69) is 29.4 Å². The average molecular weight is 241 g/mol. The second-order valence-corrected chi connectivity index (χ2v) is 5.14. The highest BCUT2D eigenvalue weighted by atomic mass is 16.2. The van der Waals surface area contributed by atoms with Crippen molar-refractivity contribution in [3.8, 4) is 0 Å². The van der Waals surface area contributed by atoms with Crippen molar-refractivity contribution in [2.75, 3.05) is 20.1 Å². The van der Waals surface area contributed by atoms with Crippen LogP contribution in [-0.4, -0.2) is 49.1 Å². The van der Waals surface area contributed by atoms with Crippen molar-refractivity contribution >= 4 is 5.91 Å². The molecular weight excluding hydrogens is 214 g/mol. The van der Waals surface area contributed by atoms with Gasteiger partial charge in [0.2, 0.25) is 5.91 Å². The zero-order valence-electron chi connectivity index (χ0n) is 11.6. The molecule has 1 saturated heterocycles. The molecule has 0 aromatic carbocycles. The summed E-state index contributed by atoms with van der Waals surface area (Å²) >= 11 is 0. The molecule has 2 N–H and O–H groups in total. The summed E-state index contributed by atoms with van der Waals surface area (Å²) in [4.78, 5) is 14.3. The molecule has 0 aromatic rings. The summed E-state index contributed by atoms with van der Waals surface area (Å²) in [5.74, 6) is 0.169. The second-order valence-electron chi connectivity index (χ2n) is 5.14. The highest BCUT2D eigenvalue weighted by molar-refractivity contribution is 5.81. The Balaban J connectivity index is 2.36. The van der Waals surface area contributed by atoms with Crippen LogP contribution >= 0.6 is 0 Å². The summed E-state index contributed by atoms with van der Waals surface area (Å²) in [6, 6.07) is 0.823. The number of carbonyl (C=O) groups is 1. The minimum absolute atomic E-state index is 0.00680. The zero-order chi connectivity index (χ0) is 12.8. The largest absolute Gasteiger partial charge is 0.352 e. The first-order valence-electron chi connectivity index (χ1n) is 6.80. The van der Waals surface area contributed by atoms with E-state index in [1.54, 1.807) is 0 Å². The summed E-state index contributed by atoms with van der Waals surface area (Å²) in [5.41, 5.74) is 0. The summed E-state index contributed by atoms with van der Waals surface area (Å²) < 4.78 is 0. The molecule has 3 unspecified atom stereocenters. The lowest BCUT2D eigenvalue weighted by atomic mass is 10.2. The number of hydrogen-bond donors (Lipinski definition) is 2. The summed E-state index contributed by atoms with van der Waals surface area (Å²) in [7, 11) is 1.99. The van der Waals surface area contributed by atoms with Crippen molar-refractivity contribution in [2.24, 2.45) is 0 Å². The third kappa shape index (κ3) is 4.28. The second kappa shape index (κ2) is 6.97. The Hall–Kier alpha value is -0.610. The maximum Gasteiger partial charge on any atom is 0.237 e. The highest BCUT2D eigenvalue weighted by Gasteiger charge is 2.28. The van der Waals surface area contributed by atoms with Gasteiger partial charge in [0.1, 0.15) is 0 Å². The summed E-state index contributed by atoms with van der Waals surface area (Å²) in [6.45, 7) is 8.22. The Labute approximate surface area is 105 Å². The Kier molecular flexibility index (Phi) is 5.92. The molecule has 1 heterocycles. The monoisotopic (exact) mass is 241 g/mol. The maximum absolute atomic E-state index is 12.0. The molecule has 1 rings (SSSR count). The molecular formula is C13H27N3O. The van der Waals surface area contributed by atoms with Crippen molar-refractivity contribution in [2.45, 2.75) is 58.2 Å². The fourth-order valence-electron chi connectivity index (χ4n) is 2.41. The van der Waals surface area contributed by atoms with Crippen LogP contribution in [-0.2, 0) is 4.79 Å². The number of carbonyl (C=O) groups excluding carboxylic acids is 1. The molecule has 0 bridgehead atoms. The third-order valence-electron chi connectivity index (χ3n) is 3.67. The number of nitrogens with one attached hydrogen (secondary N) is 2. The molecule has 0 aliphatic carbocycles. The van der Waals surface area contributed by atoms with Gasteiger partial charge in [-0.25, -0.2) is 0 Å². The first-order valence-corrected chi connectivity index (χ1v) is 6.80. The van der Waals surface area contributed by atoms with Gasteiger partial charge in [0, 0.05) is 25.2 Å². The third-order valence-corrected chi connectivity index (χ3v) is 3.67. The van der Waals surface area contributed by atoms with Crippen molar-refractivity contribution in [1.29, 1.82) is 0 Å². The van der Waals surface area contributed by atoms with Crippen molar-refractivity contribution in [3.05, 3.63) is 0 Å². The van der Waals surface area contributed by atoms with Crippen molar-refractivity contribution in [1.82, 2.24) is 15.5 Å². The molecule has 1 aliphatic rings. The number of rotatable bonds is 6. The van der Waals surface area contributed by atoms with Crippen LogP contribution in [0.3, 0.4) is 0 Å². The van der Waals surface area contributed by atoms with Gasteiger partial charge in [0.25, 0.3) is 0 Å². The van der Waals surface area contributed by atoms with Gasteiger partial charge in [-0.15, -0.1) is 0 Å². The van der Waals surface area contributed by atoms with E-state index in [1.165, 1.54) is 0 Å². The molecule has 0 aromatic heterocycles. The van der Waals surface area contributed by atoms with E-state index in [1.807, 2.05) is 14.0 Å². The molecule has 0 spiro atoms. The van der Waals surface area contributed by atoms with Crippen LogP contribution in [0.15, 0.2) is 0 Å². The molecule has 1 aliphatic heterocycles. The minimum atomic E-state index is -0.00680. The Bertz CT molecular complexity index is 245. The van der Waals surface area contributed by atoms with Crippen LogP contribution in [0, 0.1) is 0 Å². The van der Waals surface area contributed by atoms with Gasteiger partial charge in [0.15, 0.2) is 0 Å². The molecule has 1 fully saturated rings. The first-order chi connectivity index (χ1) is 8.08. The fourth-order valence-corrected chi connectivity index (χ4v) is 2.41. The predicted molar refractivity (Wildman–Crippen MR) is 71.0 cm³/mol. The number of likely N-dealkylation sites (N-methyl/N-ethyl adjacent to an activating group) is 1. The number of hydrogen-bond acceptors (Lipinski definition) is 3. The predicted octanol–water partition coefficient (Wildman–Crippen LogP) is 0.973. The van der Waals surface area contributed by atoms with E-state index >= 15 is 0 Å². The number of amides is 1. The van der Waals surface area contributed by atoms with Gasteiger partial charge in [-0.1, -0.05) is 13.3 Å². The van der Waals surface area contributed by atoms with Crippen LogP contribution in [0.4, 0.5) is 0 Å². The molecule has 17 heavy (non-hydrogen) atoms. The SMILES string of the molecule is CCCC(C)NC(=O)C(C)N1CCC(NC)C1. The van der Waals surface area contributed by atoms with Gasteiger partial charge in [0.05, 0.1) is 6.04 Å². The quantitative estimate of drug-likeness (QED) is 0.728. The summed E-state index contributed by atoms with van der Waals surface area (Å²) in [5, 5.41) is 6.36. The number of nitrogens with zero attached hydrogens (tertiary/aromatic N) is 1. The molecule has 0 radical (unpaired) electrons. The average Bonchev–Trinajstić information content (AvgIpc) is 2.76. The molecule has 3 atom stereocenters. The highest BCUT2D eigenvalue weighted by Crippen LogP contribution is 2.12. The maximum atomic E-state index is 12.0. The minimum Gasteiger partial charge on any atom is -0.352 e. The van der Waals surface area contributed by atoms with Crippen LogP contribution in [0.25, 0.3) is 0 Å². The van der Waals surface area contributed by atoms with E-state index in [9.17, 15) is 4.79 Å². The van der Waals surface area contributed by atoms with Gasteiger partial charge >= 0.3 is 0 Å². The molecule has 1 amide bonds. The first kappa shape index (κ1) is 14.5. The summed E-state index contributed by atoms with van der Waals surface area (Å²) in [6.07, 6.45) is 3.30. The van der Waals surface area contributed by atoms with Gasteiger partial charge in [-0.2, -0.15) is 0 Å². The fraction of sp³-hybridized carbons (Fsp3) is 0.923. The Morgan fingerprint density at radius 2 is 2.18 bits per heavy atom. The van der Waals surface area contributed by atoms with Crippen molar-refractivity contribution < 1.29 is 4.79 Å². The molecule has 0 saturated carbocycles. The molecule has 4 heteroatoms. The smallest absolute Gasteiger partial charge is 0.237 e. The lowest BCUT2D eigenvalue weighted by Crippen LogP contribution is -2.47. The number of likely N-dealkylation sites (tertiary alicyclic amines) is 1. The van der Waals surface area contributed by atoms with Gasteiger partial charge in [-0.05, 0) is 33.7 Å². The normalized spacial score (nSPS) is 24.6. The van der Waals surface area contributed by atoms with E-state index in [-0.39, 0.29) is 18.0 Å². The van der Waals surface area contributed by atoms with Crippen LogP contribution < -0.4 is 10.6 Å². The van der Waals surface area contributed by atoms with E-state index < -0.39 is 0 Å². The lowest BCUT2D eigenvalue weighted by Gasteiger charge is -2.25. The van der Waals surface area contributed by atoms with Crippen LogP contribution in [0.1, 0.15) is 40.0 Å². The van der Waals surface area contributed by atoms with E-state index in [0.29, 0.717) is 6.04 Å².